The van der Waals surface area contributed by atoms with Gasteiger partial charge in [-0.1, -0.05) is 0 Å². The first kappa shape index (κ1) is 18.4. The van der Waals surface area contributed by atoms with Gasteiger partial charge in [0.2, 0.25) is 0 Å². The Hall–Kier alpha value is -2.42. The largest absolute Gasteiger partial charge is 0.481 e. The first-order chi connectivity index (χ1) is 12.1. The maximum absolute atomic E-state index is 12.6. The zero-order valence-electron chi connectivity index (χ0n) is 14.4. The Balaban J connectivity index is 1.83. The highest BCUT2D eigenvalue weighted by Gasteiger charge is 2.43. The maximum Gasteiger partial charge on any atom is 0.306 e. The lowest BCUT2D eigenvalue weighted by molar-refractivity contribution is -0.141. The molecule has 8 nitrogen and oxygen atoms in total. The van der Waals surface area contributed by atoms with Crippen LogP contribution >= 0.6 is 0 Å². The number of benzene rings is 1. The zero-order valence-corrected chi connectivity index (χ0v) is 15.2. The van der Waals surface area contributed by atoms with Crippen molar-refractivity contribution < 1.29 is 27.9 Å². The van der Waals surface area contributed by atoms with Gasteiger partial charge in [0.05, 0.1) is 11.5 Å². The van der Waals surface area contributed by atoms with E-state index in [0.29, 0.717) is 19.3 Å². The Bertz CT molecular complexity index is 893. The van der Waals surface area contributed by atoms with Crippen LogP contribution in [0.15, 0.2) is 23.1 Å². The number of fused-ring (bicyclic) bond motifs is 1. The summed E-state index contributed by atoms with van der Waals surface area (Å²) in [7, 11) is -3.97. The van der Waals surface area contributed by atoms with Gasteiger partial charge in [-0.25, -0.2) is 12.7 Å². The van der Waals surface area contributed by atoms with Gasteiger partial charge in [0.1, 0.15) is 4.90 Å². The number of amides is 2. The topological polar surface area (TPSA) is 121 Å². The molecule has 2 N–H and O–H groups in total. The summed E-state index contributed by atoms with van der Waals surface area (Å²) in [5, 5.41) is 11.8. The fraction of sp³-hybridized carbons (Fsp3) is 0.471. The van der Waals surface area contributed by atoms with Gasteiger partial charge in [-0.05, 0) is 51.3 Å². The van der Waals surface area contributed by atoms with Crippen molar-refractivity contribution in [3.63, 3.8) is 0 Å². The molecule has 0 spiro atoms. The van der Waals surface area contributed by atoms with Crippen LogP contribution in [0.4, 0.5) is 0 Å². The standard InChI is InChI=1S/C17H20N2O6S/c1-9(2)19-16(21)13-6-4-10(8-14(13)26(19,24)25)15(20)18-12-5-3-11(7-12)17(22)23/h4,6,8-9,11-12H,3,5,7H2,1-2H3,(H,18,20)(H,22,23)/t11-,12+/m0/s1. The van der Waals surface area contributed by atoms with E-state index in [-0.39, 0.29) is 22.1 Å². The second-order valence-electron chi connectivity index (χ2n) is 6.93. The van der Waals surface area contributed by atoms with Gasteiger partial charge in [-0.3, -0.25) is 14.4 Å². The molecule has 0 bridgehead atoms. The summed E-state index contributed by atoms with van der Waals surface area (Å²) in [6.07, 6.45) is 1.41. The van der Waals surface area contributed by atoms with Crippen molar-refractivity contribution >= 4 is 27.8 Å². The average molecular weight is 380 g/mol. The Morgan fingerprint density at radius 1 is 1.27 bits per heavy atom. The smallest absolute Gasteiger partial charge is 0.306 e. The minimum absolute atomic E-state index is 0.0575. The van der Waals surface area contributed by atoms with Crippen LogP contribution in [0.3, 0.4) is 0 Å². The molecule has 140 valence electrons. The fourth-order valence-corrected chi connectivity index (χ4v) is 5.30. The van der Waals surface area contributed by atoms with Crippen LogP contribution in [0.25, 0.3) is 0 Å². The van der Waals surface area contributed by atoms with Crippen molar-refractivity contribution in [2.45, 2.75) is 50.1 Å². The fourth-order valence-electron chi connectivity index (χ4n) is 3.51. The molecule has 1 fully saturated rings. The van der Waals surface area contributed by atoms with Crippen molar-refractivity contribution in [1.82, 2.24) is 9.62 Å². The molecule has 1 aromatic carbocycles. The molecular formula is C17H20N2O6S. The van der Waals surface area contributed by atoms with Crippen LogP contribution in [0.5, 0.6) is 0 Å². The first-order valence-corrected chi connectivity index (χ1v) is 9.83. The lowest BCUT2D eigenvalue weighted by atomic mass is 10.1. The first-order valence-electron chi connectivity index (χ1n) is 8.39. The molecule has 0 radical (unpaired) electrons. The molecule has 1 heterocycles. The van der Waals surface area contributed by atoms with E-state index in [9.17, 15) is 22.8 Å². The lowest BCUT2D eigenvalue weighted by Crippen LogP contribution is -2.36. The van der Waals surface area contributed by atoms with Gasteiger partial charge >= 0.3 is 5.97 Å². The summed E-state index contributed by atoms with van der Waals surface area (Å²) in [6, 6.07) is 3.19. The van der Waals surface area contributed by atoms with E-state index in [0.717, 1.165) is 4.31 Å². The Kier molecular flexibility index (Phi) is 4.51. The molecule has 2 atom stereocenters. The van der Waals surface area contributed by atoms with E-state index < -0.39 is 39.8 Å². The minimum Gasteiger partial charge on any atom is -0.481 e. The Labute approximate surface area is 151 Å². The van der Waals surface area contributed by atoms with E-state index in [1.165, 1.54) is 18.2 Å². The zero-order chi connectivity index (χ0) is 19.2. The molecule has 3 rings (SSSR count). The molecule has 1 aliphatic carbocycles. The van der Waals surface area contributed by atoms with Crippen molar-refractivity contribution in [1.29, 1.82) is 0 Å². The molecule has 26 heavy (non-hydrogen) atoms. The van der Waals surface area contributed by atoms with Crippen LogP contribution < -0.4 is 5.32 Å². The molecule has 0 saturated heterocycles. The number of carboxylic acid groups (broad SMARTS) is 1. The van der Waals surface area contributed by atoms with E-state index >= 15 is 0 Å². The Morgan fingerprint density at radius 2 is 1.96 bits per heavy atom. The van der Waals surface area contributed by atoms with Crippen molar-refractivity contribution in [2.24, 2.45) is 5.92 Å². The number of hydrogen-bond acceptors (Lipinski definition) is 5. The monoisotopic (exact) mass is 380 g/mol. The number of hydrogen-bond donors (Lipinski definition) is 2. The highest BCUT2D eigenvalue weighted by Crippen LogP contribution is 2.33. The van der Waals surface area contributed by atoms with Gasteiger partial charge in [-0.2, -0.15) is 0 Å². The molecule has 0 aromatic heterocycles. The van der Waals surface area contributed by atoms with Crippen LogP contribution in [0, 0.1) is 5.92 Å². The van der Waals surface area contributed by atoms with Crippen LogP contribution in [0.1, 0.15) is 53.8 Å². The highest BCUT2D eigenvalue weighted by atomic mass is 32.2. The Morgan fingerprint density at radius 3 is 2.54 bits per heavy atom. The molecule has 1 aliphatic heterocycles. The van der Waals surface area contributed by atoms with Gasteiger partial charge in [0.15, 0.2) is 0 Å². The normalized spacial score (nSPS) is 24.0. The number of nitrogens with one attached hydrogen (secondary N) is 1. The second kappa shape index (κ2) is 6.39. The number of rotatable bonds is 4. The molecule has 2 amide bonds. The van der Waals surface area contributed by atoms with E-state index in [2.05, 4.69) is 5.32 Å². The van der Waals surface area contributed by atoms with Gasteiger partial charge in [0.25, 0.3) is 21.8 Å². The third kappa shape index (κ3) is 2.96. The van der Waals surface area contributed by atoms with Crippen LogP contribution in [-0.2, 0) is 14.8 Å². The molecule has 2 aliphatic rings. The maximum atomic E-state index is 12.6. The van der Waals surface area contributed by atoms with Crippen LogP contribution in [-0.4, -0.2) is 47.7 Å². The summed E-state index contributed by atoms with van der Waals surface area (Å²) in [6.45, 7) is 3.21. The summed E-state index contributed by atoms with van der Waals surface area (Å²) in [5.41, 5.74) is 0.187. The summed E-state index contributed by atoms with van der Waals surface area (Å²) >= 11 is 0. The van der Waals surface area contributed by atoms with Crippen molar-refractivity contribution in [2.75, 3.05) is 0 Å². The third-order valence-corrected chi connectivity index (χ3v) is 6.80. The highest BCUT2D eigenvalue weighted by molar-refractivity contribution is 7.90. The number of nitrogens with zero attached hydrogens (tertiary/aromatic N) is 1. The average Bonchev–Trinajstić information content (AvgIpc) is 3.09. The quantitative estimate of drug-likeness (QED) is 0.810. The summed E-state index contributed by atoms with van der Waals surface area (Å²) < 4.78 is 26.0. The minimum atomic E-state index is -3.97. The van der Waals surface area contributed by atoms with Crippen molar-refractivity contribution in [3.8, 4) is 0 Å². The number of carboxylic acids is 1. The summed E-state index contributed by atoms with van der Waals surface area (Å²) in [4.78, 5) is 35.6. The summed E-state index contributed by atoms with van der Waals surface area (Å²) in [5.74, 6) is -2.42. The van der Waals surface area contributed by atoms with Crippen LogP contribution in [0.2, 0.25) is 0 Å². The molecule has 1 aromatic rings. The van der Waals surface area contributed by atoms with Gasteiger partial charge in [0, 0.05) is 17.6 Å². The predicted molar refractivity (Wildman–Crippen MR) is 91.2 cm³/mol. The van der Waals surface area contributed by atoms with Crippen molar-refractivity contribution in [3.05, 3.63) is 29.3 Å². The second-order valence-corrected chi connectivity index (χ2v) is 8.71. The third-order valence-electron chi connectivity index (χ3n) is 4.80. The number of carbonyl (C=O) groups excluding carboxylic acids is 2. The van der Waals surface area contributed by atoms with E-state index in [1.54, 1.807) is 13.8 Å². The number of carbonyl (C=O) groups is 3. The molecular weight excluding hydrogens is 360 g/mol. The molecule has 1 saturated carbocycles. The lowest BCUT2D eigenvalue weighted by Gasteiger charge is -2.18. The SMILES string of the molecule is CC(C)N1C(=O)c2ccc(C(=O)N[C@@H]3CC[C@H](C(=O)O)C3)cc2S1(=O)=O. The van der Waals surface area contributed by atoms with E-state index in [4.69, 9.17) is 5.11 Å². The van der Waals surface area contributed by atoms with Gasteiger partial charge < -0.3 is 10.4 Å². The molecule has 0 unspecified atom stereocenters. The van der Waals surface area contributed by atoms with E-state index in [1.807, 2.05) is 0 Å². The predicted octanol–water partition coefficient (Wildman–Crippen LogP) is 1.22. The number of aliphatic carboxylic acids is 1. The van der Waals surface area contributed by atoms with Gasteiger partial charge in [-0.15, -0.1) is 0 Å². The number of sulfonamides is 1. The molecule has 9 heteroatoms.